The zero-order valence-electron chi connectivity index (χ0n) is 16.3. The highest BCUT2D eigenvalue weighted by Gasteiger charge is 2.14. The van der Waals surface area contributed by atoms with Crippen molar-refractivity contribution in [3.8, 4) is 0 Å². The van der Waals surface area contributed by atoms with Gasteiger partial charge in [0.25, 0.3) is 0 Å². The van der Waals surface area contributed by atoms with Crippen LogP contribution in [0.15, 0.2) is 33.5 Å². The first-order valence-corrected chi connectivity index (χ1v) is 11.2. The zero-order valence-corrected chi connectivity index (χ0v) is 17.1. The topological polar surface area (TPSA) is 81.4 Å². The minimum atomic E-state index is -2.92. The smallest absolute Gasteiger partial charge is 0.347 e. The van der Waals surface area contributed by atoms with Gasteiger partial charge in [-0.25, -0.2) is 13.2 Å². The lowest BCUT2D eigenvalue weighted by atomic mass is 10.0. The molecule has 0 N–H and O–H groups in total. The molecule has 0 aliphatic carbocycles. The Balaban J connectivity index is 1.82. The highest BCUT2D eigenvalue weighted by Crippen LogP contribution is 2.18. The zero-order chi connectivity index (χ0) is 20.0. The number of rotatable bonds is 10. The molecular formula is C21H28O5S. The monoisotopic (exact) mass is 392 g/mol. The van der Waals surface area contributed by atoms with Crippen LogP contribution >= 0.6 is 0 Å². The van der Waals surface area contributed by atoms with Gasteiger partial charge in [0, 0.05) is 5.39 Å². The third-order valence-electron chi connectivity index (χ3n) is 4.79. The van der Waals surface area contributed by atoms with Crippen molar-refractivity contribution < 1.29 is 17.6 Å². The van der Waals surface area contributed by atoms with Crippen LogP contribution < -0.4 is 5.63 Å². The number of hydrogen-bond donors (Lipinski definition) is 0. The van der Waals surface area contributed by atoms with E-state index >= 15 is 0 Å². The lowest BCUT2D eigenvalue weighted by molar-refractivity contribution is 0.101. The summed E-state index contributed by atoms with van der Waals surface area (Å²) in [6.07, 6.45) is 5.63. The first-order chi connectivity index (χ1) is 12.7. The predicted molar refractivity (Wildman–Crippen MR) is 108 cm³/mol. The number of sulfone groups is 1. The molecule has 6 heteroatoms. The number of carbonyl (C=O) groups excluding carboxylic acids is 1. The highest BCUT2D eigenvalue weighted by molar-refractivity contribution is 7.91. The van der Waals surface area contributed by atoms with E-state index in [1.54, 1.807) is 26.0 Å². The summed E-state index contributed by atoms with van der Waals surface area (Å²) in [4.78, 5) is 23.2. The Morgan fingerprint density at radius 2 is 1.70 bits per heavy atom. The van der Waals surface area contributed by atoms with Gasteiger partial charge in [0.1, 0.15) is 11.1 Å². The second-order valence-corrected chi connectivity index (χ2v) is 9.99. The summed E-state index contributed by atoms with van der Waals surface area (Å²) in [6.45, 7) is 4.81. The van der Waals surface area contributed by atoms with Crippen LogP contribution in [0, 0.1) is 0 Å². The molecule has 148 valence electrons. The molecule has 2 rings (SSSR count). The Labute approximate surface area is 160 Å². The van der Waals surface area contributed by atoms with Gasteiger partial charge in [-0.1, -0.05) is 25.3 Å². The van der Waals surface area contributed by atoms with Gasteiger partial charge in [-0.2, -0.15) is 0 Å². The minimum absolute atomic E-state index is 0.0796. The van der Waals surface area contributed by atoms with Crippen molar-refractivity contribution in [1.82, 2.24) is 0 Å². The van der Waals surface area contributed by atoms with Gasteiger partial charge in [-0.05, 0) is 63.8 Å². The average molecular weight is 393 g/mol. The van der Waals surface area contributed by atoms with Gasteiger partial charge in [-0.3, -0.25) is 4.79 Å². The quantitative estimate of drug-likeness (QED) is 0.342. The number of unbranched alkanes of at least 4 members (excludes halogenated alkanes) is 4. The van der Waals surface area contributed by atoms with Crippen molar-refractivity contribution in [2.75, 3.05) is 5.75 Å². The molecule has 27 heavy (non-hydrogen) atoms. The van der Waals surface area contributed by atoms with E-state index < -0.39 is 15.5 Å². The maximum atomic E-state index is 11.8. The van der Waals surface area contributed by atoms with E-state index in [-0.39, 0.29) is 22.3 Å². The van der Waals surface area contributed by atoms with E-state index in [1.807, 2.05) is 12.1 Å². The molecule has 0 radical (unpaired) electrons. The van der Waals surface area contributed by atoms with Gasteiger partial charge in [-0.15, -0.1) is 0 Å². The molecule has 2 aromatic rings. The molecule has 0 saturated heterocycles. The standard InChI is InChI=1S/C21H28O5S/c1-15(2)27(24,25)12-8-6-4-5-7-9-17-10-11-20-18(13-17)14-19(16(3)22)21(23)26-20/h10-11,13-15H,4-9,12H2,1-3H3. The molecule has 0 fully saturated rings. The number of carbonyl (C=O) groups is 1. The molecule has 0 bridgehead atoms. The third kappa shape index (κ3) is 6.03. The molecule has 1 heterocycles. The fourth-order valence-electron chi connectivity index (χ4n) is 2.97. The van der Waals surface area contributed by atoms with Crippen molar-refractivity contribution in [3.63, 3.8) is 0 Å². The number of benzene rings is 1. The van der Waals surface area contributed by atoms with E-state index in [9.17, 15) is 18.0 Å². The molecule has 5 nitrogen and oxygen atoms in total. The number of aryl methyl sites for hydroxylation is 1. The summed E-state index contributed by atoms with van der Waals surface area (Å²) in [5.74, 6) is -0.0190. The van der Waals surface area contributed by atoms with Crippen LogP contribution in [0.3, 0.4) is 0 Å². The second-order valence-electron chi connectivity index (χ2n) is 7.31. The van der Waals surface area contributed by atoms with Crippen molar-refractivity contribution >= 4 is 26.6 Å². The van der Waals surface area contributed by atoms with E-state index in [4.69, 9.17) is 4.42 Å². The molecule has 0 amide bonds. The van der Waals surface area contributed by atoms with Crippen LogP contribution in [0.25, 0.3) is 11.0 Å². The largest absolute Gasteiger partial charge is 0.422 e. The van der Waals surface area contributed by atoms with E-state index in [1.165, 1.54) is 6.92 Å². The first-order valence-electron chi connectivity index (χ1n) is 9.50. The lowest BCUT2D eigenvalue weighted by Crippen LogP contribution is -2.17. The average Bonchev–Trinajstić information content (AvgIpc) is 2.60. The Kier molecular flexibility index (Phi) is 7.36. The maximum absolute atomic E-state index is 11.8. The van der Waals surface area contributed by atoms with Gasteiger partial charge in [0.15, 0.2) is 15.6 Å². The Morgan fingerprint density at radius 1 is 1.04 bits per heavy atom. The number of Topliss-reactive ketones (excluding diaryl/α,β-unsaturated/α-hetero) is 1. The number of fused-ring (bicyclic) bond motifs is 1. The molecule has 0 unspecified atom stereocenters. The Hall–Kier alpha value is -1.95. The van der Waals surface area contributed by atoms with Gasteiger partial charge >= 0.3 is 5.63 Å². The number of ketones is 1. The van der Waals surface area contributed by atoms with Crippen LogP contribution in [0.1, 0.15) is 68.8 Å². The summed E-state index contributed by atoms with van der Waals surface area (Å²) < 4.78 is 28.7. The van der Waals surface area contributed by atoms with Gasteiger partial charge in [0.05, 0.1) is 11.0 Å². The summed E-state index contributed by atoms with van der Waals surface area (Å²) in [7, 11) is -2.92. The van der Waals surface area contributed by atoms with Crippen LogP contribution in [0.2, 0.25) is 0 Å². The van der Waals surface area contributed by atoms with Gasteiger partial charge in [0.2, 0.25) is 0 Å². The summed E-state index contributed by atoms with van der Waals surface area (Å²) in [6, 6.07) is 7.27. The van der Waals surface area contributed by atoms with E-state index in [0.29, 0.717) is 5.58 Å². The van der Waals surface area contributed by atoms with E-state index in [0.717, 1.165) is 49.5 Å². The molecule has 1 aromatic heterocycles. The second kappa shape index (κ2) is 9.31. The normalized spacial score (nSPS) is 12.0. The summed E-state index contributed by atoms with van der Waals surface area (Å²) >= 11 is 0. The molecule has 0 atom stereocenters. The van der Waals surface area contributed by atoms with Crippen LogP contribution in [0.4, 0.5) is 0 Å². The molecule has 0 spiro atoms. The van der Waals surface area contributed by atoms with Crippen molar-refractivity contribution in [2.45, 2.75) is 64.5 Å². The Bertz CT molecular complexity index is 954. The summed E-state index contributed by atoms with van der Waals surface area (Å²) in [5, 5.41) is 0.467. The maximum Gasteiger partial charge on any atom is 0.347 e. The third-order valence-corrected chi connectivity index (χ3v) is 7.08. The van der Waals surface area contributed by atoms with E-state index in [2.05, 4.69) is 0 Å². The molecule has 0 aliphatic heterocycles. The molecule has 1 aromatic carbocycles. The fraction of sp³-hybridized carbons (Fsp3) is 0.524. The summed E-state index contributed by atoms with van der Waals surface area (Å²) in [5.41, 5.74) is 1.10. The SMILES string of the molecule is CC(=O)c1cc2cc(CCCCCCCS(=O)(=O)C(C)C)ccc2oc1=O. The van der Waals surface area contributed by atoms with Crippen LogP contribution in [-0.4, -0.2) is 25.2 Å². The van der Waals surface area contributed by atoms with Crippen molar-refractivity contribution in [2.24, 2.45) is 0 Å². The predicted octanol–water partition coefficient (Wildman–Crippen LogP) is 4.31. The highest BCUT2D eigenvalue weighted by atomic mass is 32.2. The Morgan fingerprint density at radius 3 is 2.37 bits per heavy atom. The van der Waals surface area contributed by atoms with Crippen LogP contribution in [0.5, 0.6) is 0 Å². The minimum Gasteiger partial charge on any atom is -0.422 e. The molecule has 0 saturated carbocycles. The molecular weight excluding hydrogens is 364 g/mol. The molecule has 0 aliphatic rings. The lowest BCUT2D eigenvalue weighted by Gasteiger charge is -2.07. The van der Waals surface area contributed by atoms with Crippen molar-refractivity contribution in [1.29, 1.82) is 0 Å². The number of hydrogen-bond acceptors (Lipinski definition) is 5. The van der Waals surface area contributed by atoms with Gasteiger partial charge < -0.3 is 4.42 Å². The fourth-order valence-corrected chi connectivity index (χ4v) is 4.05. The van der Waals surface area contributed by atoms with Crippen molar-refractivity contribution in [3.05, 3.63) is 45.8 Å². The first kappa shape index (κ1) is 21.4. The van der Waals surface area contributed by atoms with Crippen LogP contribution in [-0.2, 0) is 16.3 Å².